The Kier molecular flexibility index (Phi) is 4.00. The second kappa shape index (κ2) is 4.44. The van der Waals surface area contributed by atoms with E-state index in [0.29, 0.717) is 6.54 Å². The third-order valence-corrected chi connectivity index (χ3v) is 5.77. The number of hydrogen-bond donors (Lipinski definition) is 0. The van der Waals surface area contributed by atoms with E-state index in [-0.39, 0.29) is 11.3 Å². The highest BCUT2D eigenvalue weighted by Crippen LogP contribution is 2.24. The van der Waals surface area contributed by atoms with Crippen LogP contribution in [-0.2, 0) is 10.0 Å². The van der Waals surface area contributed by atoms with Crippen molar-refractivity contribution in [3.63, 3.8) is 0 Å². The molecule has 78 valence electrons. The van der Waals surface area contributed by atoms with Crippen molar-refractivity contribution in [2.24, 2.45) is 0 Å². The van der Waals surface area contributed by atoms with E-state index in [0.717, 1.165) is 17.3 Å². The first-order chi connectivity index (χ1) is 6.00. The molecule has 1 rings (SSSR count). The lowest BCUT2D eigenvalue weighted by atomic mass is 10.3. The van der Waals surface area contributed by atoms with E-state index in [4.69, 9.17) is 0 Å². The summed E-state index contributed by atoms with van der Waals surface area (Å²) in [5, 5.41) is -0.281. The maximum atomic E-state index is 11.8. The molecule has 13 heavy (non-hydrogen) atoms. The predicted molar refractivity (Wildman–Crippen MR) is 62.7 cm³/mol. The van der Waals surface area contributed by atoms with Gasteiger partial charge in [0.05, 0.1) is 5.25 Å². The molecule has 3 nitrogen and oxygen atoms in total. The van der Waals surface area contributed by atoms with E-state index in [1.165, 1.54) is 0 Å². The third-order valence-electron chi connectivity index (χ3n) is 2.42. The van der Waals surface area contributed by atoms with E-state index in [1.54, 1.807) is 18.2 Å². The lowest BCUT2D eigenvalue weighted by molar-refractivity contribution is 0.410. The first-order valence-corrected chi connectivity index (χ1v) is 7.59. The third kappa shape index (κ3) is 2.36. The van der Waals surface area contributed by atoms with Crippen molar-refractivity contribution in [1.82, 2.24) is 4.31 Å². The van der Waals surface area contributed by atoms with Crippen LogP contribution in [0.4, 0.5) is 0 Å². The zero-order chi connectivity index (χ0) is 10.1. The molecule has 1 aliphatic heterocycles. The Morgan fingerprint density at radius 2 is 2.15 bits per heavy atom. The van der Waals surface area contributed by atoms with Crippen molar-refractivity contribution in [2.75, 3.05) is 11.0 Å². The molecule has 0 saturated carbocycles. The monoisotopic (exact) mass is 317 g/mol. The lowest BCUT2D eigenvalue weighted by Gasteiger charge is -2.24. The van der Waals surface area contributed by atoms with Gasteiger partial charge >= 0.3 is 0 Å². The normalized spacial score (nSPS) is 25.7. The van der Waals surface area contributed by atoms with Crippen LogP contribution in [0, 0.1) is 0 Å². The minimum absolute atomic E-state index is 0.244. The topological polar surface area (TPSA) is 37.4 Å². The van der Waals surface area contributed by atoms with Crippen LogP contribution in [0.25, 0.3) is 0 Å². The van der Waals surface area contributed by atoms with Crippen LogP contribution in [-0.4, -0.2) is 35.0 Å². The highest BCUT2D eigenvalue weighted by atomic mass is 127. The number of alkyl halides is 1. The molecule has 1 unspecified atom stereocenters. The summed E-state index contributed by atoms with van der Waals surface area (Å²) >= 11 is 2.26. The Bertz CT molecular complexity index is 263. The fraction of sp³-hybridized carbons (Fsp3) is 1.00. The maximum absolute atomic E-state index is 11.8. The van der Waals surface area contributed by atoms with Gasteiger partial charge < -0.3 is 0 Å². The molecule has 1 fully saturated rings. The number of halogens is 1. The summed E-state index contributed by atoms with van der Waals surface area (Å²) < 4.78 is 26.2. The van der Waals surface area contributed by atoms with Crippen molar-refractivity contribution in [2.45, 2.75) is 38.0 Å². The van der Waals surface area contributed by atoms with Crippen LogP contribution in [0.1, 0.15) is 26.7 Å². The van der Waals surface area contributed by atoms with Crippen LogP contribution < -0.4 is 0 Å². The Balaban J connectivity index is 2.82. The standard InChI is InChI=1S/C8H16INO2S/c1-7(2)13(11,12)10-5-3-4-8(10)6-9/h7-8H,3-6H2,1-2H3. The zero-order valence-corrected chi connectivity index (χ0v) is 11.0. The molecular weight excluding hydrogens is 301 g/mol. The van der Waals surface area contributed by atoms with Crippen LogP contribution in [0.2, 0.25) is 0 Å². The molecule has 1 atom stereocenters. The fourth-order valence-corrected chi connectivity index (χ4v) is 4.27. The lowest BCUT2D eigenvalue weighted by Crippen LogP contribution is -2.40. The predicted octanol–water partition coefficient (Wildman–Crippen LogP) is 1.62. The molecule has 1 heterocycles. The summed E-state index contributed by atoms with van der Waals surface area (Å²) in [4.78, 5) is 0. The quantitative estimate of drug-likeness (QED) is 0.586. The SMILES string of the molecule is CC(C)S(=O)(=O)N1CCCC1CI. The summed E-state index contributed by atoms with van der Waals surface area (Å²) in [6, 6.07) is 0.244. The minimum Gasteiger partial charge on any atom is -0.212 e. The highest BCUT2D eigenvalue weighted by molar-refractivity contribution is 14.1. The first kappa shape index (κ1) is 11.7. The Morgan fingerprint density at radius 1 is 1.54 bits per heavy atom. The molecule has 0 radical (unpaired) electrons. The Morgan fingerprint density at radius 3 is 2.62 bits per heavy atom. The fourth-order valence-electron chi connectivity index (χ4n) is 1.57. The van der Waals surface area contributed by atoms with Gasteiger partial charge in [0, 0.05) is 17.0 Å². The summed E-state index contributed by atoms with van der Waals surface area (Å²) in [6.45, 7) is 4.21. The van der Waals surface area contributed by atoms with Gasteiger partial charge in [0.15, 0.2) is 0 Å². The molecule has 0 amide bonds. The van der Waals surface area contributed by atoms with Crippen molar-refractivity contribution in [1.29, 1.82) is 0 Å². The van der Waals surface area contributed by atoms with Gasteiger partial charge in [0.1, 0.15) is 0 Å². The molecule has 0 aromatic rings. The second-order valence-electron chi connectivity index (χ2n) is 3.65. The molecule has 0 aromatic heterocycles. The van der Waals surface area contributed by atoms with Crippen LogP contribution in [0.5, 0.6) is 0 Å². The second-order valence-corrected chi connectivity index (χ2v) is 6.98. The van der Waals surface area contributed by atoms with Crippen LogP contribution in [0.3, 0.4) is 0 Å². The van der Waals surface area contributed by atoms with Gasteiger partial charge in [-0.3, -0.25) is 0 Å². The molecule has 0 aromatic carbocycles. The van der Waals surface area contributed by atoms with Gasteiger partial charge in [-0.05, 0) is 26.7 Å². The van der Waals surface area contributed by atoms with E-state index >= 15 is 0 Å². The molecule has 0 spiro atoms. The maximum Gasteiger partial charge on any atom is 0.216 e. The number of nitrogens with zero attached hydrogens (tertiary/aromatic N) is 1. The summed E-state index contributed by atoms with van der Waals surface area (Å²) in [5.74, 6) is 0. The Hall–Kier alpha value is 0.640. The molecular formula is C8H16INO2S. The summed E-state index contributed by atoms with van der Waals surface area (Å²) in [6.07, 6.45) is 2.04. The van der Waals surface area contributed by atoms with E-state index < -0.39 is 10.0 Å². The molecule has 0 N–H and O–H groups in total. The zero-order valence-electron chi connectivity index (χ0n) is 8.03. The van der Waals surface area contributed by atoms with Gasteiger partial charge in [-0.2, -0.15) is 4.31 Å². The van der Waals surface area contributed by atoms with Crippen molar-refractivity contribution >= 4 is 32.6 Å². The number of rotatable bonds is 3. The Labute approximate surface area is 94.1 Å². The van der Waals surface area contributed by atoms with Gasteiger partial charge in [-0.25, -0.2) is 8.42 Å². The van der Waals surface area contributed by atoms with Gasteiger partial charge in [-0.15, -0.1) is 0 Å². The summed E-state index contributed by atoms with van der Waals surface area (Å²) in [7, 11) is -3.01. The smallest absolute Gasteiger partial charge is 0.212 e. The average molecular weight is 317 g/mol. The molecule has 1 saturated heterocycles. The molecule has 0 bridgehead atoms. The number of hydrogen-bond acceptors (Lipinski definition) is 2. The van der Waals surface area contributed by atoms with Crippen LogP contribution in [0.15, 0.2) is 0 Å². The van der Waals surface area contributed by atoms with Crippen molar-refractivity contribution in [3.05, 3.63) is 0 Å². The van der Waals surface area contributed by atoms with Crippen LogP contribution >= 0.6 is 22.6 Å². The van der Waals surface area contributed by atoms with E-state index in [2.05, 4.69) is 22.6 Å². The minimum atomic E-state index is -3.01. The van der Waals surface area contributed by atoms with E-state index in [9.17, 15) is 8.42 Å². The average Bonchev–Trinajstić information content (AvgIpc) is 2.51. The van der Waals surface area contributed by atoms with Gasteiger partial charge in [-0.1, -0.05) is 22.6 Å². The largest absolute Gasteiger partial charge is 0.216 e. The molecule has 1 aliphatic rings. The van der Waals surface area contributed by atoms with Gasteiger partial charge in [0.25, 0.3) is 0 Å². The molecule has 0 aliphatic carbocycles. The van der Waals surface area contributed by atoms with E-state index in [1.807, 2.05) is 0 Å². The first-order valence-electron chi connectivity index (χ1n) is 4.56. The highest BCUT2D eigenvalue weighted by Gasteiger charge is 2.34. The molecule has 5 heteroatoms. The number of sulfonamides is 1. The summed E-state index contributed by atoms with van der Waals surface area (Å²) in [5.41, 5.74) is 0. The van der Waals surface area contributed by atoms with Gasteiger partial charge in [0.2, 0.25) is 10.0 Å². The van der Waals surface area contributed by atoms with Crippen molar-refractivity contribution in [3.8, 4) is 0 Å². The van der Waals surface area contributed by atoms with Crippen molar-refractivity contribution < 1.29 is 8.42 Å².